The number of rotatable bonds is 4. The Morgan fingerprint density at radius 1 is 0.825 bits per heavy atom. The number of anilines is 4. The molecular formula is C34H34N6. The molecule has 6 heteroatoms. The van der Waals surface area contributed by atoms with Gasteiger partial charge in [0.25, 0.3) is 0 Å². The van der Waals surface area contributed by atoms with E-state index in [9.17, 15) is 0 Å². The van der Waals surface area contributed by atoms with Crippen molar-refractivity contribution in [2.24, 2.45) is 5.92 Å². The van der Waals surface area contributed by atoms with Crippen LogP contribution < -0.4 is 14.7 Å². The number of benzene rings is 3. The largest absolute Gasteiger partial charge is 0.358 e. The predicted molar refractivity (Wildman–Crippen MR) is 165 cm³/mol. The third kappa shape index (κ3) is 3.48. The number of hydrogen-bond donors (Lipinski definition) is 0. The van der Waals surface area contributed by atoms with Crippen molar-refractivity contribution in [1.82, 2.24) is 14.9 Å². The molecule has 6 nitrogen and oxygen atoms in total. The topological polar surface area (TPSA) is 38.7 Å². The minimum Gasteiger partial charge on any atom is -0.358 e. The molecule has 4 unspecified atom stereocenters. The molecule has 0 aliphatic carbocycles. The van der Waals surface area contributed by atoms with Gasteiger partial charge in [-0.3, -0.25) is 0 Å². The molecule has 0 saturated carbocycles. The predicted octanol–water partition coefficient (Wildman–Crippen LogP) is 6.99. The molecule has 4 aromatic rings. The second-order valence-corrected chi connectivity index (χ2v) is 11.1. The van der Waals surface area contributed by atoms with Crippen LogP contribution in [0, 0.1) is 12.8 Å². The van der Waals surface area contributed by atoms with E-state index in [4.69, 9.17) is 9.97 Å². The lowest BCUT2D eigenvalue weighted by atomic mass is 9.77. The Bertz CT molecular complexity index is 1640. The molecule has 200 valence electrons. The molecule has 0 spiro atoms. The van der Waals surface area contributed by atoms with Gasteiger partial charge < -0.3 is 19.6 Å². The van der Waals surface area contributed by atoms with Crippen LogP contribution in [-0.4, -0.2) is 41.3 Å². The molecule has 3 aromatic carbocycles. The molecule has 3 aliphatic rings. The van der Waals surface area contributed by atoms with E-state index in [2.05, 4.69) is 139 Å². The monoisotopic (exact) mass is 526 g/mol. The smallest absolute Gasteiger partial charge is 0.161 e. The Morgan fingerprint density at radius 3 is 2.35 bits per heavy atom. The fraction of sp³-hybridized carbons (Fsp3) is 0.235. The third-order valence-corrected chi connectivity index (χ3v) is 8.94. The second-order valence-electron chi connectivity index (χ2n) is 11.1. The van der Waals surface area contributed by atoms with Gasteiger partial charge in [-0.1, -0.05) is 80.2 Å². The SMILES string of the molecule is C=Cc1ccccc1N1c2cnc(-c3ccccc3C)nc2N(C)C1C1C(C)c2ccccc2N2C=CN(C)C12. The van der Waals surface area contributed by atoms with Crippen LogP contribution >= 0.6 is 0 Å². The molecule has 1 aromatic heterocycles. The van der Waals surface area contributed by atoms with E-state index in [0.29, 0.717) is 5.92 Å². The van der Waals surface area contributed by atoms with Gasteiger partial charge in [0.1, 0.15) is 18.0 Å². The first-order chi connectivity index (χ1) is 19.5. The summed E-state index contributed by atoms with van der Waals surface area (Å²) in [6.45, 7) is 8.65. The molecule has 0 saturated heterocycles. The minimum absolute atomic E-state index is 0.00396. The van der Waals surface area contributed by atoms with Gasteiger partial charge in [0, 0.05) is 43.7 Å². The first kappa shape index (κ1) is 24.5. The number of para-hydroxylation sites is 2. The van der Waals surface area contributed by atoms with Gasteiger partial charge in [0.2, 0.25) is 0 Å². The maximum absolute atomic E-state index is 5.22. The second kappa shape index (κ2) is 9.26. The van der Waals surface area contributed by atoms with Crippen LogP contribution in [0.2, 0.25) is 0 Å². The quantitative estimate of drug-likeness (QED) is 0.285. The van der Waals surface area contributed by atoms with Gasteiger partial charge in [-0.15, -0.1) is 0 Å². The van der Waals surface area contributed by atoms with Crippen LogP contribution in [0.1, 0.15) is 29.5 Å². The zero-order valence-electron chi connectivity index (χ0n) is 23.4. The highest BCUT2D eigenvalue weighted by molar-refractivity contribution is 5.85. The molecule has 3 aliphatic heterocycles. The van der Waals surface area contributed by atoms with Crippen molar-refractivity contribution in [3.8, 4) is 11.4 Å². The number of aromatic nitrogens is 2. The average molecular weight is 527 g/mol. The van der Waals surface area contributed by atoms with Crippen LogP contribution in [0.3, 0.4) is 0 Å². The standard InChI is InChI=1S/C34H34N6/c1-6-24-14-8-11-17-27(24)40-29-21-35-31(25-15-9-7-13-22(25)2)36-32(29)38(5)34(40)30-23(3)26-16-10-12-18-28(26)39-20-19-37(4)33(30)39/h6-21,23,30,33-34H,1H2,2-5H3. The lowest BCUT2D eigenvalue weighted by molar-refractivity contribution is 0.190. The summed E-state index contributed by atoms with van der Waals surface area (Å²) in [4.78, 5) is 19.8. The lowest BCUT2D eigenvalue weighted by Gasteiger charge is -2.50. The van der Waals surface area contributed by atoms with E-state index >= 15 is 0 Å². The molecule has 40 heavy (non-hydrogen) atoms. The fourth-order valence-electron chi connectivity index (χ4n) is 6.99. The number of nitrogens with zero attached hydrogens (tertiary/aromatic N) is 6. The Hall–Kier alpha value is -4.58. The summed E-state index contributed by atoms with van der Waals surface area (Å²) in [7, 11) is 4.38. The first-order valence-corrected chi connectivity index (χ1v) is 13.9. The van der Waals surface area contributed by atoms with Crippen LogP contribution in [0.5, 0.6) is 0 Å². The molecule has 0 amide bonds. The maximum Gasteiger partial charge on any atom is 0.161 e. The van der Waals surface area contributed by atoms with Crippen LogP contribution in [0.25, 0.3) is 17.5 Å². The van der Waals surface area contributed by atoms with Crippen LogP contribution in [0.4, 0.5) is 22.9 Å². The van der Waals surface area contributed by atoms with Gasteiger partial charge >= 0.3 is 0 Å². The minimum atomic E-state index is -0.00396. The van der Waals surface area contributed by atoms with Crippen molar-refractivity contribution in [3.63, 3.8) is 0 Å². The van der Waals surface area contributed by atoms with E-state index in [0.717, 1.165) is 34.1 Å². The summed E-state index contributed by atoms with van der Waals surface area (Å²) in [6, 6.07) is 25.7. The summed E-state index contributed by atoms with van der Waals surface area (Å²) < 4.78 is 0. The molecule has 0 radical (unpaired) electrons. The highest BCUT2D eigenvalue weighted by atomic mass is 15.5. The fourth-order valence-corrected chi connectivity index (χ4v) is 6.99. The zero-order chi connectivity index (χ0) is 27.5. The van der Waals surface area contributed by atoms with Gasteiger partial charge in [-0.2, -0.15) is 0 Å². The summed E-state index contributed by atoms with van der Waals surface area (Å²) in [5.74, 6) is 2.21. The van der Waals surface area contributed by atoms with E-state index in [1.165, 1.54) is 16.8 Å². The molecule has 0 N–H and O–H groups in total. The number of hydrogen-bond acceptors (Lipinski definition) is 6. The van der Waals surface area contributed by atoms with Crippen molar-refractivity contribution < 1.29 is 0 Å². The molecule has 7 rings (SSSR count). The van der Waals surface area contributed by atoms with Crippen molar-refractivity contribution in [3.05, 3.63) is 115 Å². The summed E-state index contributed by atoms with van der Waals surface area (Å²) in [6.07, 6.45) is 8.54. The molecule has 4 heterocycles. The number of aryl methyl sites for hydroxylation is 1. The highest BCUT2D eigenvalue weighted by Gasteiger charge is 2.52. The van der Waals surface area contributed by atoms with Gasteiger partial charge in [0.05, 0.1) is 11.9 Å². The molecular weight excluding hydrogens is 492 g/mol. The summed E-state index contributed by atoms with van der Waals surface area (Å²) in [5, 5.41) is 0. The normalized spacial score (nSPS) is 22.8. The Balaban J connectivity index is 1.43. The summed E-state index contributed by atoms with van der Waals surface area (Å²) in [5.41, 5.74) is 8.12. The zero-order valence-corrected chi connectivity index (χ0v) is 23.4. The van der Waals surface area contributed by atoms with E-state index in [1.807, 2.05) is 12.3 Å². The first-order valence-electron chi connectivity index (χ1n) is 13.9. The van der Waals surface area contributed by atoms with Crippen molar-refractivity contribution in [1.29, 1.82) is 0 Å². The molecule has 0 fully saturated rings. The van der Waals surface area contributed by atoms with E-state index in [1.54, 1.807) is 0 Å². The van der Waals surface area contributed by atoms with E-state index in [-0.39, 0.29) is 18.2 Å². The average Bonchev–Trinajstić information content (AvgIpc) is 3.50. The number of fused-ring (bicyclic) bond motifs is 4. The van der Waals surface area contributed by atoms with Gasteiger partial charge in [-0.05, 0) is 41.7 Å². The van der Waals surface area contributed by atoms with Crippen molar-refractivity contribution >= 4 is 29.0 Å². The van der Waals surface area contributed by atoms with Crippen LogP contribution in [0.15, 0.2) is 98.0 Å². The van der Waals surface area contributed by atoms with Crippen LogP contribution in [-0.2, 0) is 0 Å². The Kier molecular flexibility index (Phi) is 5.66. The van der Waals surface area contributed by atoms with E-state index < -0.39 is 0 Å². The van der Waals surface area contributed by atoms with Crippen molar-refractivity contribution in [2.75, 3.05) is 28.8 Å². The maximum atomic E-state index is 5.22. The lowest BCUT2D eigenvalue weighted by Crippen LogP contribution is -2.59. The molecule has 4 atom stereocenters. The Morgan fingerprint density at radius 2 is 1.55 bits per heavy atom. The van der Waals surface area contributed by atoms with Crippen molar-refractivity contribution in [2.45, 2.75) is 32.1 Å². The molecule has 0 bridgehead atoms. The summed E-state index contributed by atoms with van der Waals surface area (Å²) >= 11 is 0. The van der Waals surface area contributed by atoms with Gasteiger partial charge in [0.15, 0.2) is 11.6 Å². The Labute approximate surface area is 236 Å². The highest BCUT2D eigenvalue weighted by Crippen LogP contribution is 2.53. The van der Waals surface area contributed by atoms with Gasteiger partial charge in [-0.25, -0.2) is 9.97 Å². The third-order valence-electron chi connectivity index (χ3n) is 8.94.